The fourth-order valence-corrected chi connectivity index (χ4v) is 2.29. The number of hydrogen-bond acceptors (Lipinski definition) is 6. The average Bonchev–Trinajstić information content (AvgIpc) is 2.56. The van der Waals surface area contributed by atoms with Gasteiger partial charge < -0.3 is 10.1 Å². The van der Waals surface area contributed by atoms with Crippen LogP contribution in [0.4, 0.5) is 17.2 Å². The molecule has 1 heterocycles. The third-order valence-corrected chi connectivity index (χ3v) is 4.50. The number of carbonyl (C=O) groups is 1. The Balaban J connectivity index is 2.05. The molecule has 2 rings (SSSR count). The van der Waals surface area contributed by atoms with Crippen molar-refractivity contribution in [1.82, 2.24) is 9.29 Å². The largest absolute Gasteiger partial charge is 0.465 e. The summed E-state index contributed by atoms with van der Waals surface area (Å²) in [7, 11) is 0.597. The van der Waals surface area contributed by atoms with Crippen LogP contribution in [0, 0.1) is 0 Å². The average molecular weight is 350 g/mol. The molecule has 2 N–H and O–H groups in total. The second-order valence-corrected chi connectivity index (χ2v) is 6.90. The van der Waals surface area contributed by atoms with Crippen molar-refractivity contribution in [3.63, 3.8) is 0 Å². The Hall–Kier alpha value is -2.65. The van der Waals surface area contributed by atoms with Gasteiger partial charge in [0.1, 0.15) is 5.82 Å². The molecular formula is C15H18N4O4S. The normalized spacial score (nSPS) is 11.2. The van der Waals surface area contributed by atoms with Gasteiger partial charge in [-0.2, -0.15) is 12.7 Å². The summed E-state index contributed by atoms with van der Waals surface area (Å²) in [4.78, 5) is 15.4. The zero-order valence-electron chi connectivity index (χ0n) is 13.5. The van der Waals surface area contributed by atoms with Gasteiger partial charge in [0.05, 0.1) is 24.6 Å². The standard InChI is InChI=1S/C15H18N4O4S/c1-19(2)24(21,22)18-14-9-8-13(10-16-14)17-12-6-4-11(5-7-12)15(20)23-3/h4-10,17H,1-3H3,(H,16,18). The van der Waals surface area contributed by atoms with E-state index in [4.69, 9.17) is 0 Å². The molecule has 24 heavy (non-hydrogen) atoms. The van der Waals surface area contributed by atoms with E-state index in [0.717, 1.165) is 9.99 Å². The second kappa shape index (κ2) is 7.28. The first kappa shape index (κ1) is 17.7. The molecule has 0 aliphatic heterocycles. The highest BCUT2D eigenvalue weighted by molar-refractivity contribution is 7.90. The number of benzene rings is 1. The molecule has 8 nitrogen and oxygen atoms in total. The van der Waals surface area contributed by atoms with E-state index in [1.165, 1.54) is 27.4 Å². The lowest BCUT2D eigenvalue weighted by atomic mass is 10.2. The van der Waals surface area contributed by atoms with Crippen molar-refractivity contribution in [2.24, 2.45) is 0 Å². The quantitative estimate of drug-likeness (QED) is 0.771. The van der Waals surface area contributed by atoms with E-state index in [2.05, 4.69) is 19.8 Å². The van der Waals surface area contributed by atoms with E-state index in [1.807, 2.05) is 0 Å². The highest BCUT2D eigenvalue weighted by Crippen LogP contribution is 2.18. The van der Waals surface area contributed by atoms with Crippen LogP contribution in [0.25, 0.3) is 0 Å². The summed E-state index contributed by atoms with van der Waals surface area (Å²) in [6, 6.07) is 9.98. The van der Waals surface area contributed by atoms with Crippen molar-refractivity contribution >= 4 is 33.4 Å². The summed E-state index contributed by atoms with van der Waals surface area (Å²) in [6.07, 6.45) is 1.50. The predicted octanol–water partition coefficient (Wildman–Crippen LogP) is 1.83. The van der Waals surface area contributed by atoms with Gasteiger partial charge in [0, 0.05) is 19.8 Å². The molecule has 2 aromatic rings. The Kier molecular flexibility index (Phi) is 5.37. The fraction of sp³-hybridized carbons (Fsp3) is 0.200. The molecule has 9 heteroatoms. The minimum Gasteiger partial charge on any atom is -0.465 e. The van der Waals surface area contributed by atoms with Gasteiger partial charge in [-0.3, -0.25) is 4.72 Å². The van der Waals surface area contributed by atoms with Crippen LogP contribution in [-0.2, 0) is 14.9 Å². The van der Waals surface area contributed by atoms with Gasteiger partial charge in [-0.15, -0.1) is 0 Å². The summed E-state index contributed by atoms with van der Waals surface area (Å²) in [5.74, 6) is -0.184. The van der Waals surface area contributed by atoms with Gasteiger partial charge >= 0.3 is 16.2 Å². The maximum absolute atomic E-state index is 11.7. The Bertz CT molecular complexity index is 802. The van der Waals surface area contributed by atoms with Gasteiger partial charge in [0.2, 0.25) is 0 Å². The molecule has 1 aromatic heterocycles. The number of nitrogens with zero attached hydrogens (tertiary/aromatic N) is 2. The smallest absolute Gasteiger partial charge is 0.337 e. The first-order valence-corrected chi connectivity index (χ1v) is 8.37. The van der Waals surface area contributed by atoms with Crippen LogP contribution in [0.2, 0.25) is 0 Å². The lowest BCUT2D eigenvalue weighted by molar-refractivity contribution is 0.0601. The van der Waals surface area contributed by atoms with Crippen LogP contribution >= 0.6 is 0 Å². The molecule has 0 radical (unpaired) electrons. The number of ether oxygens (including phenoxy) is 1. The number of esters is 1. The van der Waals surface area contributed by atoms with Crippen LogP contribution in [-0.4, -0.2) is 44.9 Å². The molecule has 0 saturated heterocycles. The molecule has 0 fully saturated rings. The third-order valence-electron chi connectivity index (χ3n) is 3.07. The minimum atomic E-state index is -3.58. The van der Waals surface area contributed by atoms with Gasteiger partial charge in [-0.05, 0) is 36.4 Å². The summed E-state index contributed by atoms with van der Waals surface area (Å²) in [6.45, 7) is 0. The Morgan fingerprint density at radius 1 is 1.08 bits per heavy atom. The van der Waals surface area contributed by atoms with E-state index in [9.17, 15) is 13.2 Å². The van der Waals surface area contributed by atoms with Gasteiger partial charge in [0.15, 0.2) is 0 Å². The van der Waals surface area contributed by atoms with Crippen molar-refractivity contribution in [3.05, 3.63) is 48.2 Å². The third kappa shape index (κ3) is 4.43. The van der Waals surface area contributed by atoms with Crippen LogP contribution < -0.4 is 10.0 Å². The molecule has 0 aliphatic rings. The first-order chi connectivity index (χ1) is 11.3. The monoisotopic (exact) mass is 350 g/mol. The number of hydrogen-bond donors (Lipinski definition) is 2. The van der Waals surface area contributed by atoms with Crippen LogP contribution in [0.1, 0.15) is 10.4 Å². The lowest BCUT2D eigenvalue weighted by Crippen LogP contribution is -2.29. The van der Waals surface area contributed by atoms with Crippen LogP contribution in [0.5, 0.6) is 0 Å². The van der Waals surface area contributed by atoms with E-state index in [1.54, 1.807) is 36.4 Å². The highest BCUT2D eigenvalue weighted by Gasteiger charge is 2.13. The number of aromatic nitrogens is 1. The van der Waals surface area contributed by atoms with Crippen molar-refractivity contribution < 1.29 is 17.9 Å². The molecule has 128 valence electrons. The number of pyridine rings is 1. The van der Waals surface area contributed by atoms with E-state index < -0.39 is 16.2 Å². The topological polar surface area (TPSA) is 101 Å². The predicted molar refractivity (Wildman–Crippen MR) is 91.5 cm³/mol. The van der Waals surface area contributed by atoms with E-state index >= 15 is 0 Å². The molecule has 0 bridgehead atoms. The van der Waals surface area contributed by atoms with Gasteiger partial charge in [-0.1, -0.05) is 0 Å². The van der Waals surface area contributed by atoms with Gasteiger partial charge in [0.25, 0.3) is 0 Å². The first-order valence-electron chi connectivity index (χ1n) is 6.93. The maximum atomic E-state index is 11.7. The zero-order chi connectivity index (χ0) is 17.7. The molecule has 0 atom stereocenters. The minimum absolute atomic E-state index is 0.218. The zero-order valence-corrected chi connectivity index (χ0v) is 14.3. The molecule has 0 amide bonds. The van der Waals surface area contributed by atoms with Crippen LogP contribution in [0.3, 0.4) is 0 Å². The van der Waals surface area contributed by atoms with Crippen LogP contribution in [0.15, 0.2) is 42.6 Å². The number of rotatable bonds is 6. The summed E-state index contributed by atoms with van der Waals surface area (Å²) >= 11 is 0. The summed E-state index contributed by atoms with van der Waals surface area (Å²) in [5, 5.41) is 3.10. The highest BCUT2D eigenvalue weighted by atomic mass is 32.2. The van der Waals surface area contributed by atoms with E-state index in [-0.39, 0.29) is 5.82 Å². The van der Waals surface area contributed by atoms with E-state index in [0.29, 0.717) is 11.3 Å². The van der Waals surface area contributed by atoms with Crippen molar-refractivity contribution in [3.8, 4) is 0 Å². The second-order valence-electron chi connectivity index (χ2n) is 5.02. The Labute approximate surface area is 140 Å². The summed E-state index contributed by atoms with van der Waals surface area (Å²) in [5.41, 5.74) is 1.88. The van der Waals surface area contributed by atoms with Gasteiger partial charge in [-0.25, -0.2) is 9.78 Å². The van der Waals surface area contributed by atoms with Crippen molar-refractivity contribution in [2.75, 3.05) is 31.2 Å². The number of nitrogens with one attached hydrogen (secondary N) is 2. The SMILES string of the molecule is COC(=O)c1ccc(Nc2ccc(NS(=O)(=O)N(C)C)nc2)cc1. The fourth-order valence-electron chi connectivity index (χ4n) is 1.73. The molecule has 0 unspecified atom stereocenters. The number of carbonyl (C=O) groups excluding carboxylic acids is 1. The van der Waals surface area contributed by atoms with Crippen molar-refractivity contribution in [2.45, 2.75) is 0 Å². The maximum Gasteiger partial charge on any atom is 0.337 e. The Morgan fingerprint density at radius 3 is 2.21 bits per heavy atom. The molecule has 0 aliphatic carbocycles. The molecule has 0 spiro atoms. The van der Waals surface area contributed by atoms with Crippen molar-refractivity contribution in [1.29, 1.82) is 0 Å². The molecular weight excluding hydrogens is 332 g/mol. The summed E-state index contributed by atoms with van der Waals surface area (Å²) < 4.78 is 31.5. The lowest BCUT2D eigenvalue weighted by Gasteiger charge is -2.13. The molecule has 0 saturated carbocycles. The number of methoxy groups -OCH3 is 1. The Morgan fingerprint density at radius 2 is 1.71 bits per heavy atom. The molecule has 1 aromatic carbocycles. The number of anilines is 3.